The molecule has 0 bridgehead atoms. The van der Waals surface area contributed by atoms with E-state index in [1.165, 1.54) is 14.2 Å². The zero-order chi connectivity index (χ0) is 13.1. The van der Waals surface area contributed by atoms with Gasteiger partial charge >= 0.3 is 0 Å². The van der Waals surface area contributed by atoms with Crippen LogP contribution >= 0.6 is 12.2 Å². The quantitative estimate of drug-likeness (QED) is 0.796. The van der Waals surface area contributed by atoms with E-state index in [1.807, 2.05) is 0 Å². The van der Waals surface area contributed by atoms with Gasteiger partial charge in [0.1, 0.15) is 4.99 Å². The molecule has 2 aromatic rings. The molecule has 0 aliphatic rings. The fourth-order valence-corrected chi connectivity index (χ4v) is 1.51. The van der Waals surface area contributed by atoms with Gasteiger partial charge in [-0.05, 0) is 0 Å². The van der Waals surface area contributed by atoms with Crippen LogP contribution in [0.15, 0.2) is 18.5 Å². The standard InChI is InChI=1S/C10H11N5O2S/c1-16-6-5-7(17-2)14-10(13-6)15-4-3-12-9(15)8(11)18/h3-5H,1-2H3,(H2,11,18). The lowest BCUT2D eigenvalue weighted by molar-refractivity contribution is 0.370. The number of imidazole rings is 1. The van der Waals surface area contributed by atoms with Crippen LogP contribution in [-0.4, -0.2) is 38.7 Å². The Labute approximate surface area is 109 Å². The molecule has 8 heteroatoms. The first-order chi connectivity index (χ1) is 8.65. The van der Waals surface area contributed by atoms with Gasteiger partial charge in [0, 0.05) is 12.4 Å². The van der Waals surface area contributed by atoms with Gasteiger partial charge in [-0.1, -0.05) is 12.2 Å². The van der Waals surface area contributed by atoms with Crippen LogP contribution in [0, 0.1) is 0 Å². The molecule has 0 amide bonds. The first-order valence-electron chi connectivity index (χ1n) is 4.96. The lowest BCUT2D eigenvalue weighted by Gasteiger charge is -2.08. The van der Waals surface area contributed by atoms with Crippen molar-refractivity contribution in [1.29, 1.82) is 0 Å². The van der Waals surface area contributed by atoms with E-state index in [-0.39, 0.29) is 4.99 Å². The number of nitrogens with zero attached hydrogens (tertiary/aromatic N) is 4. The first kappa shape index (κ1) is 12.2. The molecule has 2 aromatic heterocycles. The second-order valence-electron chi connectivity index (χ2n) is 3.24. The van der Waals surface area contributed by atoms with Crippen molar-refractivity contribution in [3.63, 3.8) is 0 Å². The molecular weight excluding hydrogens is 254 g/mol. The Bertz CT molecular complexity index is 561. The Morgan fingerprint density at radius 3 is 2.39 bits per heavy atom. The molecule has 0 unspecified atom stereocenters. The van der Waals surface area contributed by atoms with Gasteiger partial charge in [0.25, 0.3) is 0 Å². The third-order valence-electron chi connectivity index (χ3n) is 2.16. The van der Waals surface area contributed by atoms with Crippen molar-refractivity contribution in [3.05, 3.63) is 24.3 Å². The van der Waals surface area contributed by atoms with E-state index >= 15 is 0 Å². The summed E-state index contributed by atoms with van der Waals surface area (Å²) in [4.78, 5) is 12.6. The Hall–Kier alpha value is -2.22. The second kappa shape index (κ2) is 4.96. The van der Waals surface area contributed by atoms with Gasteiger partial charge in [0.05, 0.1) is 20.3 Å². The van der Waals surface area contributed by atoms with E-state index < -0.39 is 0 Å². The van der Waals surface area contributed by atoms with Crippen molar-refractivity contribution < 1.29 is 9.47 Å². The molecule has 0 spiro atoms. The van der Waals surface area contributed by atoms with Gasteiger partial charge in [0.2, 0.25) is 17.7 Å². The second-order valence-corrected chi connectivity index (χ2v) is 3.68. The van der Waals surface area contributed by atoms with E-state index in [1.54, 1.807) is 23.0 Å². The molecule has 2 rings (SSSR count). The van der Waals surface area contributed by atoms with Crippen LogP contribution in [0.2, 0.25) is 0 Å². The molecule has 0 aliphatic heterocycles. The van der Waals surface area contributed by atoms with E-state index in [4.69, 9.17) is 27.4 Å². The molecule has 0 saturated heterocycles. The molecule has 2 N–H and O–H groups in total. The smallest absolute Gasteiger partial charge is 0.242 e. The fraction of sp³-hybridized carbons (Fsp3) is 0.200. The van der Waals surface area contributed by atoms with Gasteiger partial charge in [-0.3, -0.25) is 4.57 Å². The lowest BCUT2D eigenvalue weighted by atomic mass is 10.5. The molecule has 0 aliphatic carbocycles. The normalized spacial score (nSPS) is 10.1. The van der Waals surface area contributed by atoms with Crippen LogP contribution < -0.4 is 15.2 Å². The predicted molar refractivity (Wildman–Crippen MR) is 68.1 cm³/mol. The number of methoxy groups -OCH3 is 2. The van der Waals surface area contributed by atoms with E-state index in [9.17, 15) is 0 Å². The zero-order valence-corrected chi connectivity index (χ0v) is 10.6. The molecule has 7 nitrogen and oxygen atoms in total. The van der Waals surface area contributed by atoms with E-state index in [0.717, 1.165) is 0 Å². The summed E-state index contributed by atoms with van der Waals surface area (Å²) in [6, 6.07) is 1.57. The summed E-state index contributed by atoms with van der Waals surface area (Å²) in [6.07, 6.45) is 3.21. The van der Waals surface area contributed by atoms with Crippen molar-refractivity contribution >= 4 is 17.2 Å². The van der Waals surface area contributed by atoms with Gasteiger partial charge in [0.15, 0.2) is 5.82 Å². The number of ether oxygens (including phenoxy) is 2. The molecule has 18 heavy (non-hydrogen) atoms. The first-order valence-corrected chi connectivity index (χ1v) is 5.37. The molecule has 0 radical (unpaired) electrons. The molecule has 0 aromatic carbocycles. The summed E-state index contributed by atoms with van der Waals surface area (Å²) < 4.78 is 11.7. The van der Waals surface area contributed by atoms with Crippen molar-refractivity contribution in [3.8, 4) is 17.7 Å². The van der Waals surface area contributed by atoms with Crippen molar-refractivity contribution in [2.75, 3.05) is 14.2 Å². The topological polar surface area (TPSA) is 88.1 Å². The van der Waals surface area contributed by atoms with Crippen LogP contribution in [0.1, 0.15) is 5.82 Å². The van der Waals surface area contributed by atoms with Crippen LogP contribution in [0.5, 0.6) is 11.8 Å². The number of nitrogens with two attached hydrogens (primary N) is 1. The monoisotopic (exact) mass is 265 g/mol. The average Bonchev–Trinajstić information content (AvgIpc) is 2.87. The maximum absolute atomic E-state index is 5.57. The van der Waals surface area contributed by atoms with Gasteiger partial charge < -0.3 is 15.2 Å². The maximum Gasteiger partial charge on any atom is 0.242 e. The minimum atomic E-state index is 0.158. The highest BCUT2D eigenvalue weighted by molar-refractivity contribution is 7.80. The fourth-order valence-electron chi connectivity index (χ4n) is 1.36. The van der Waals surface area contributed by atoms with Crippen molar-refractivity contribution in [1.82, 2.24) is 19.5 Å². The summed E-state index contributed by atoms with van der Waals surface area (Å²) in [5, 5.41) is 0. The predicted octanol–water partition coefficient (Wildman–Crippen LogP) is 0.314. The number of rotatable bonds is 4. The summed E-state index contributed by atoms with van der Waals surface area (Å²) in [5.41, 5.74) is 5.57. The third-order valence-corrected chi connectivity index (χ3v) is 2.34. The summed E-state index contributed by atoms with van der Waals surface area (Å²) in [7, 11) is 3.02. The molecule has 94 valence electrons. The molecule has 0 fully saturated rings. The highest BCUT2D eigenvalue weighted by Gasteiger charge is 2.12. The maximum atomic E-state index is 5.57. The summed E-state index contributed by atoms with van der Waals surface area (Å²) >= 11 is 4.90. The number of hydrogen-bond acceptors (Lipinski definition) is 6. The number of thiocarbonyl (C=S) groups is 1. The molecule has 0 saturated carbocycles. The van der Waals surface area contributed by atoms with Gasteiger partial charge in [-0.25, -0.2) is 4.98 Å². The highest BCUT2D eigenvalue weighted by Crippen LogP contribution is 2.17. The third kappa shape index (κ3) is 2.23. The Balaban J connectivity index is 2.55. The van der Waals surface area contributed by atoms with Crippen LogP contribution in [0.25, 0.3) is 5.95 Å². The number of aromatic nitrogens is 4. The summed E-state index contributed by atoms with van der Waals surface area (Å²) in [5.74, 6) is 1.48. The lowest BCUT2D eigenvalue weighted by Crippen LogP contribution is -2.17. The van der Waals surface area contributed by atoms with Gasteiger partial charge in [-0.2, -0.15) is 9.97 Å². The van der Waals surface area contributed by atoms with Crippen molar-refractivity contribution in [2.24, 2.45) is 5.73 Å². The van der Waals surface area contributed by atoms with Crippen LogP contribution in [0.3, 0.4) is 0 Å². The van der Waals surface area contributed by atoms with E-state index in [0.29, 0.717) is 23.5 Å². The van der Waals surface area contributed by atoms with Crippen LogP contribution in [-0.2, 0) is 0 Å². The molecule has 2 heterocycles. The zero-order valence-electron chi connectivity index (χ0n) is 9.82. The minimum Gasteiger partial charge on any atom is -0.481 e. The largest absolute Gasteiger partial charge is 0.481 e. The minimum absolute atomic E-state index is 0.158. The van der Waals surface area contributed by atoms with E-state index in [2.05, 4.69) is 15.0 Å². The average molecular weight is 265 g/mol. The highest BCUT2D eigenvalue weighted by atomic mass is 32.1. The van der Waals surface area contributed by atoms with Crippen molar-refractivity contribution in [2.45, 2.75) is 0 Å². The Morgan fingerprint density at radius 1 is 1.28 bits per heavy atom. The molecule has 0 atom stereocenters. The molecular formula is C10H11N5O2S. The number of hydrogen-bond donors (Lipinski definition) is 1. The SMILES string of the molecule is COc1cc(OC)nc(-n2ccnc2C(N)=S)n1. The summed E-state index contributed by atoms with van der Waals surface area (Å²) in [6.45, 7) is 0. The van der Waals surface area contributed by atoms with Crippen LogP contribution in [0.4, 0.5) is 0 Å². The van der Waals surface area contributed by atoms with Gasteiger partial charge in [-0.15, -0.1) is 0 Å². The Morgan fingerprint density at radius 2 is 1.89 bits per heavy atom. The Kier molecular flexibility index (Phi) is 3.38.